The van der Waals surface area contributed by atoms with E-state index in [4.69, 9.17) is 0 Å². The van der Waals surface area contributed by atoms with E-state index in [-0.39, 0.29) is 18.4 Å². The summed E-state index contributed by atoms with van der Waals surface area (Å²) < 4.78 is 0. The number of hydrogen-bond acceptors (Lipinski definition) is 5. The number of carbonyl (C=O) groups is 2. The second kappa shape index (κ2) is 6.85. The predicted octanol–water partition coefficient (Wildman–Crippen LogP) is 3.43. The summed E-state index contributed by atoms with van der Waals surface area (Å²) in [5, 5.41) is 7.60. The normalized spacial score (nSPS) is 14.2. The number of benzene rings is 2. The first-order valence-electron chi connectivity index (χ1n) is 7.79. The lowest BCUT2D eigenvalue weighted by molar-refractivity contribution is -0.130. The lowest BCUT2D eigenvalue weighted by Crippen LogP contribution is -2.34. The molecule has 0 radical (unpaired) electrons. The van der Waals surface area contributed by atoms with E-state index in [9.17, 15) is 9.59 Å². The van der Waals surface area contributed by atoms with Crippen LogP contribution >= 0.6 is 23.1 Å². The van der Waals surface area contributed by atoms with Gasteiger partial charge in [-0.2, -0.15) is 0 Å². The highest BCUT2D eigenvalue weighted by molar-refractivity contribution is 8.00. The van der Waals surface area contributed by atoms with Gasteiger partial charge in [0.2, 0.25) is 11.8 Å². The molecule has 0 atom stereocenters. The highest BCUT2D eigenvalue weighted by Gasteiger charge is 2.23. The van der Waals surface area contributed by atoms with Crippen molar-refractivity contribution < 1.29 is 9.59 Å². The van der Waals surface area contributed by atoms with Crippen molar-refractivity contribution in [2.75, 3.05) is 23.5 Å². The third-order valence-electron chi connectivity index (χ3n) is 3.96. The molecule has 2 heterocycles. The molecule has 0 spiro atoms. The average molecular weight is 369 g/mol. The summed E-state index contributed by atoms with van der Waals surface area (Å²) in [6, 6.07) is 14.4. The van der Waals surface area contributed by atoms with E-state index in [1.165, 1.54) is 28.5 Å². The van der Waals surface area contributed by atoms with Gasteiger partial charge in [0.05, 0.1) is 17.3 Å². The molecule has 25 heavy (non-hydrogen) atoms. The summed E-state index contributed by atoms with van der Waals surface area (Å²) in [6.45, 7) is 0.0801. The van der Waals surface area contributed by atoms with E-state index in [0.29, 0.717) is 16.8 Å². The molecule has 0 unspecified atom stereocenters. The van der Waals surface area contributed by atoms with E-state index in [1.807, 2.05) is 23.6 Å². The minimum Gasteiger partial charge on any atom is -0.323 e. The number of thiazole rings is 1. The van der Waals surface area contributed by atoms with Gasteiger partial charge >= 0.3 is 0 Å². The number of anilines is 1. The smallest absolute Gasteiger partial charge is 0.245 e. The fourth-order valence-corrected chi connectivity index (χ4v) is 4.32. The zero-order valence-electron chi connectivity index (χ0n) is 13.3. The lowest BCUT2D eigenvalue weighted by Gasteiger charge is -2.13. The monoisotopic (exact) mass is 369 g/mol. The molecular formula is C18H15N3O2S2. The number of rotatable bonds is 4. The fraction of sp³-hybridized carbons (Fsp3) is 0.167. The molecule has 1 fully saturated rings. The molecular weight excluding hydrogens is 354 g/mol. The van der Waals surface area contributed by atoms with Gasteiger partial charge in [-0.25, -0.2) is 4.98 Å². The lowest BCUT2D eigenvalue weighted by atomic mass is 10.1. The minimum atomic E-state index is -0.213. The zero-order chi connectivity index (χ0) is 17.2. The Morgan fingerprint density at radius 1 is 1.20 bits per heavy atom. The number of carbonyl (C=O) groups excluding carboxylic acids is 2. The molecule has 5 nitrogen and oxygen atoms in total. The molecule has 4 rings (SSSR count). The molecule has 0 bridgehead atoms. The van der Waals surface area contributed by atoms with Crippen molar-refractivity contribution in [2.45, 2.75) is 0 Å². The topological polar surface area (TPSA) is 62.3 Å². The zero-order valence-corrected chi connectivity index (χ0v) is 14.9. The second-order valence-electron chi connectivity index (χ2n) is 5.72. The van der Waals surface area contributed by atoms with Gasteiger partial charge in [0.1, 0.15) is 6.54 Å². The van der Waals surface area contributed by atoms with Gasteiger partial charge in [0.25, 0.3) is 0 Å². The highest BCUT2D eigenvalue weighted by atomic mass is 32.2. The summed E-state index contributed by atoms with van der Waals surface area (Å²) in [7, 11) is 0. The second-order valence-corrected chi connectivity index (χ2v) is 7.53. The number of amides is 2. The maximum atomic E-state index is 12.1. The Labute approximate surface area is 153 Å². The molecule has 1 aliphatic heterocycles. The number of nitrogens with zero attached hydrogens (tertiary/aromatic N) is 2. The largest absolute Gasteiger partial charge is 0.323 e. The third kappa shape index (κ3) is 3.52. The van der Waals surface area contributed by atoms with Gasteiger partial charge in [-0.15, -0.1) is 23.1 Å². The standard InChI is InChI=1S/C18H15N3O2S2/c22-16(8-21-11-24-10-17(21)23)20-18-19-15(9-25-18)14-6-5-12-3-1-2-4-13(12)7-14/h1-7,9H,8,10-11H2,(H,19,20,22). The van der Waals surface area contributed by atoms with Crippen molar-refractivity contribution in [1.82, 2.24) is 9.88 Å². The number of thioether (sulfide) groups is 1. The molecule has 7 heteroatoms. The molecule has 2 amide bonds. The van der Waals surface area contributed by atoms with E-state index in [2.05, 4.69) is 34.6 Å². The quantitative estimate of drug-likeness (QED) is 0.765. The minimum absolute atomic E-state index is 0.0103. The van der Waals surface area contributed by atoms with Crippen LogP contribution in [0.4, 0.5) is 5.13 Å². The third-order valence-corrected chi connectivity index (χ3v) is 5.66. The van der Waals surface area contributed by atoms with Crippen molar-refractivity contribution in [3.05, 3.63) is 47.8 Å². The van der Waals surface area contributed by atoms with Crippen LogP contribution in [0.25, 0.3) is 22.0 Å². The van der Waals surface area contributed by atoms with Crippen LogP contribution in [0, 0.1) is 0 Å². The van der Waals surface area contributed by atoms with Gasteiger partial charge in [-0.1, -0.05) is 36.4 Å². The van der Waals surface area contributed by atoms with Crippen LogP contribution in [0.1, 0.15) is 0 Å². The van der Waals surface area contributed by atoms with Gasteiger partial charge in [0, 0.05) is 10.9 Å². The van der Waals surface area contributed by atoms with Crippen molar-refractivity contribution >= 4 is 50.8 Å². The maximum Gasteiger partial charge on any atom is 0.245 e. The summed E-state index contributed by atoms with van der Waals surface area (Å²) >= 11 is 2.91. The Kier molecular flexibility index (Phi) is 4.42. The predicted molar refractivity (Wildman–Crippen MR) is 103 cm³/mol. The molecule has 1 aromatic heterocycles. The average Bonchev–Trinajstić information content (AvgIpc) is 3.24. The first-order valence-corrected chi connectivity index (χ1v) is 9.82. The molecule has 1 aliphatic rings. The van der Waals surface area contributed by atoms with Crippen LogP contribution < -0.4 is 5.32 Å². The van der Waals surface area contributed by atoms with Crippen molar-refractivity contribution in [1.29, 1.82) is 0 Å². The Morgan fingerprint density at radius 2 is 2.04 bits per heavy atom. The molecule has 3 aromatic rings. The van der Waals surface area contributed by atoms with Crippen LogP contribution in [0.3, 0.4) is 0 Å². The van der Waals surface area contributed by atoms with Gasteiger partial charge < -0.3 is 10.2 Å². The molecule has 0 aliphatic carbocycles. The van der Waals surface area contributed by atoms with E-state index in [1.54, 1.807) is 4.90 Å². The van der Waals surface area contributed by atoms with Crippen LogP contribution in [0.5, 0.6) is 0 Å². The number of hydrogen-bond donors (Lipinski definition) is 1. The van der Waals surface area contributed by atoms with Crippen LogP contribution in [0.2, 0.25) is 0 Å². The first kappa shape index (κ1) is 16.1. The molecule has 1 N–H and O–H groups in total. The van der Waals surface area contributed by atoms with Gasteiger partial charge in [0.15, 0.2) is 5.13 Å². The summed E-state index contributed by atoms with van der Waals surface area (Å²) in [5.41, 5.74) is 1.85. The summed E-state index contributed by atoms with van der Waals surface area (Å²) in [6.07, 6.45) is 0. The number of nitrogens with one attached hydrogen (secondary N) is 1. The van der Waals surface area contributed by atoms with Crippen LogP contribution in [0.15, 0.2) is 47.8 Å². The number of fused-ring (bicyclic) bond motifs is 1. The van der Waals surface area contributed by atoms with E-state index in [0.717, 1.165) is 16.6 Å². The number of aromatic nitrogens is 1. The van der Waals surface area contributed by atoms with Crippen molar-refractivity contribution in [3.63, 3.8) is 0 Å². The first-order chi connectivity index (χ1) is 12.2. The SMILES string of the molecule is O=C(CN1CSCC1=O)Nc1nc(-c2ccc3ccccc3c2)cs1. The van der Waals surface area contributed by atoms with E-state index >= 15 is 0 Å². The Morgan fingerprint density at radius 3 is 2.84 bits per heavy atom. The Balaban J connectivity index is 1.47. The summed E-state index contributed by atoms with van der Waals surface area (Å²) in [5.74, 6) is 0.828. The van der Waals surface area contributed by atoms with Gasteiger partial charge in [-0.3, -0.25) is 9.59 Å². The Bertz CT molecular complexity index is 954. The molecule has 0 saturated carbocycles. The molecule has 126 valence electrons. The summed E-state index contributed by atoms with van der Waals surface area (Å²) in [4.78, 5) is 29.7. The fourth-order valence-electron chi connectivity index (χ4n) is 2.68. The van der Waals surface area contributed by atoms with Crippen molar-refractivity contribution in [2.24, 2.45) is 0 Å². The van der Waals surface area contributed by atoms with Crippen LogP contribution in [-0.4, -0.2) is 39.9 Å². The Hall–Kier alpha value is -2.38. The maximum absolute atomic E-state index is 12.1. The highest BCUT2D eigenvalue weighted by Crippen LogP contribution is 2.27. The van der Waals surface area contributed by atoms with Crippen LogP contribution in [-0.2, 0) is 9.59 Å². The van der Waals surface area contributed by atoms with E-state index < -0.39 is 0 Å². The molecule has 1 saturated heterocycles. The van der Waals surface area contributed by atoms with Gasteiger partial charge in [-0.05, 0) is 16.8 Å². The van der Waals surface area contributed by atoms with Crippen molar-refractivity contribution in [3.8, 4) is 11.3 Å². The molecule has 2 aromatic carbocycles.